The number of benzene rings is 3. The molecule has 4 rings (SSSR count). The molecule has 3 aromatic carbocycles. The van der Waals surface area contributed by atoms with E-state index >= 15 is 0 Å². The molecule has 1 fully saturated rings. The van der Waals surface area contributed by atoms with Crippen LogP contribution in [0.3, 0.4) is 0 Å². The molecule has 224 valence electrons. The van der Waals surface area contributed by atoms with Crippen molar-refractivity contribution in [3.63, 3.8) is 0 Å². The Bertz CT molecular complexity index is 1310. The van der Waals surface area contributed by atoms with Gasteiger partial charge in [0.05, 0.1) is 0 Å². The first-order chi connectivity index (χ1) is 19.3. The van der Waals surface area contributed by atoms with Crippen LogP contribution in [0, 0.1) is 54.1 Å². The Balaban J connectivity index is 0.000000233. The smallest absolute Gasteiger partial charge is 0.0146 e. The summed E-state index contributed by atoms with van der Waals surface area (Å²) in [6.07, 6.45) is -0.883. The summed E-state index contributed by atoms with van der Waals surface area (Å²) >= 11 is -1.97. The second kappa shape index (κ2) is 14.7. The zero-order valence-corrected chi connectivity index (χ0v) is 28.4. The molecule has 0 amide bonds. The quantitative estimate of drug-likeness (QED) is 0.201. The van der Waals surface area contributed by atoms with Crippen LogP contribution < -0.4 is 14.5 Å². The SMILES string of the molecule is CC(C)C(Oc1ccccc1[CH]=[Ru]([Cl])[Cl])C(=O)O.Cc1cc(C)c(N2[CH-]N(c3c(C)cc(C)cc3C)CC2)c(C)c1. The molecule has 41 heavy (non-hydrogen) atoms. The Morgan fingerprint density at radius 2 is 1.32 bits per heavy atom. The van der Waals surface area contributed by atoms with Crippen LogP contribution in [0.5, 0.6) is 5.75 Å². The van der Waals surface area contributed by atoms with Crippen LogP contribution in [-0.4, -0.2) is 34.9 Å². The molecule has 1 N–H and O–H groups in total. The molecule has 0 spiro atoms. The van der Waals surface area contributed by atoms with Crippen LogP contribution in [0.4, 0.5) is 11.4 Å². The zero-order valence-electron chi connectivity index (χ0n) is 25.1. The minimum Gasteiger partial charge on any atom is -0.502 e. The molecule has 1 heterocycles. The van der Waals surface area contributed by atoms with Gasteiger partial charge in [-0.3, -0.25) is 0 Å². The van der Waals surface area contributed by atoms with Crippen molar-refractivity contribution >= 4 is 41.3 Å². The summed E-state index contributed by atoms with van der Waals surface area (Å²) in [5.74, 6) is -0.611. The van der Waals surface area contributed by atoms with E-state index in [1.165, 1.54) is 44.8 Å². The molecule has 5 nitrogen and oxygen atoms in total. The van der Waals surface area contributed by atoms with Crippen LogP contribution in [-0.2, 0) is 18.3 Å². The van der Waals surface area contributed by atoms with E-state index in [1.54, 1.807) is 36.7 Å². The van der Waals surface area contributed by atoms with Gasteiger partial charge in [0.25, 0.3) is 0 Å². The van der Waals surface area contributed by atoms with E-state index < -0.39 is 25.6 Å². The topological polar surface area (TPSA) is 53.0 Å². The average Bonchev–Trinajstić information content (AvgIpc) is 3.30. The van der Waals surface area contributed by atoms with Crippen molar-refractivity contribution in [1.29, 1.82) is 0 Å². The van der Waals surface area contributed by atoms with Crippen LogP contribution in [0.15, 0.2) is 48.5 Å². The number of aryl methyl sites for hydroxylation is 6. The summed E-state index contributed by atoms with van der Waals surface area (Å²) in [6.45, 7) is 21.2. The van der Waals surface area contributed by atoms with Crippen LogP contribution in [0.2, 0.25) is 0 Å². The molecule has 1 unspecified atom stereocenters. The van der Waals surface area contributed by atoms with Crippen molar-refractivity contribution in [2.45, 2.75) is 61.5 Å². The van der Waals surface area contributed by atoms with Crippen molar-refractivity contribution in [3.8, 4) is 5.75 Å². The number of carboxylic acids is 1. The zero-order chi connectivity index (χ0) is 30.4. The molecule has 1 saturated heterocycles. The number of halogens is 2. The van der Waals surface area contributed by atoms with Gasteiger partial charge < -0.3 is 9.80 Å². The summed E-state index contributed by atoms with van der Waals surface area (Å²) in [4.78, 5) is 15.9. The van der Waals surface area contributed by atoms with E-state index in [0.29, 0.717) is 5.75 Å². The van der Waals surface area contributed by atoms with E-state index in [0.717, 1.165) is 18.7 Å². The third kappa shape index (κ3) is 8.80. The number of nitrogens with zero attached hydrogens (tertiary/aromatic N) is 2. The molecule has 0 saturated carbocycles. The number of hydrogen-bond acceptors (Lipinski definition) is 4. The predicted octanol–water partition coefficient (Wildman–Crippen LogP) is 8.23. The molecule has 0 bridgehead atoms. The summed E-state index contributed by atoms with van der Waals surface area (Å²) in [6, 6.07) is 16.3. The summed E-state index contributed by atoms with van der Waals surface area (Å²) in [7, 11) is 11.7. The number of rotatable bonds is 7. The van der Waals surface area contributed by atoms with Gasteiger partial charge in [-0.25, -0.2) is 0 Å². The van der Waals surface area contributed by atoms with Gasteiger partial charge >= 0.3 is 120 Å². The predicted molar refractivity (Wildman–Crippen MR) is 171 cm³/mol. The van der Waals surface area contributed by atoms with Crippen LogP contribution in [0.1, 0.15) is 52.8 Å². The number of para-hydroxylation sites is 1. The molecule has 1 atom stereocenters. The number of hydrogen-bond donors (Lipinski definition) is 1. The molecule has 3 aromatic rings. The maximum Gasteiger partial charge on any atom is 0.0146 e. The van der Waals surface area contributed by atoms with Gasteiger partial charge in [-0.15, -0.1) is 0 Å². The van der Waals surface area contributed by atoms with Gasteiger partial charge in [-0.1, -0.05) is 35.4 Å². The minimum absolute atomic E-state index is 0.129. The maximum absolute atomic E-state index is 11.1. The first-order valence-corrected chi connectivity index (χ1v) is 19.1. The third-order valence-electron chi connectivity index (χ3n) is 6.91. The van der Waals surface area contributed by atoms with Crippen molar-refractivity contribution in [2.75, 3.05) is 22.9 Å². The normalized spacial score (nSPS) is 14.0. The summed E-state index contributed by atoms with van der Waals surface area (Å²) in [5.41, 5.74) is 11.6. The fraction of sp³-hybridized carbons (Fsp3) is 0.364. The molecule has 0 radical (unpaired) electrons. The van der Waals surface area contributed by atoms with E-state index in [2.05, 4.69) is 82.3 Å². The van der Waals surface area contributed by atoms with E-state index in [4.69, 9.17) is 29.2 Å². The maximum atomic E-state index is 11.1. The van der Waals surface area contributed by atoms with Crippen LogP contribution >= 0.6 is 19.4 Å². The fourth-order valence-electron chi connectivity index (χ4n) is 5.45. The van der Waals surface area contributed by atoms with Crippen molar-refractivity contribution in [2.24, 2.45) is 5.92 Å². The number of ether oxygens (including phenoxy) is 1. The Labute approximate surface area is 258 Å². The van der Waals surface area contributed by atoms with Crippen molar-refractivity contribution in [1.82, 2.24) is 0 Å². The standard InChI is InChI=1S/C21H27N2.C12H14O3.2ClH.Ru/c1-14-9-16(3)20(17(4)10-14)22-7-8-23(13-22)21-18(5)11-15(2)12-19(21)6;1-8(2)11(12(13)14)15-10-7-5-4-6-9(10)3;;;/h9-13H,7-8H2,1-6H3;3-8,11H,1-2H3,(H,13,14);2*1H;/q-1;;;;+2/p-2. The molecule has 0 aliphatic carbocycles. The fourth-order valence-corrected chi connectivity index (χ4v) is 7.26. The second-order valence-electron chi connectivity index (χ2n) is 11.0. The monoisotopic (exact) mass is 685 g/mol. The number of aliphatic carboxylic acids is 1. The van der Waals surface area contributed by atoms with Crippen molar-refractivity contribution < 1.29 is 28.2 Å². The summed E-state index contributed by atoms with van der Waals surface area (Å²) < 4.78 is 7.28. The Morgan fingerprint density at radius 1 is 0.878 bits per heavy atom. The molecular formula is C33H41Cl2N2O3Ru-. The molecule has 1 aliphatic heterocycles. The molecule has 8 heteroatoms. The van der Waals surface area contributed by atoms with Gasteiger partial charge in [-0.05, 0) is 63.8 Å². The van der Waals surface area contributed by atoms with Gasteiger partial charge in [0.15, 0.2) is 0 Å². The second-order valence-corrected chi connectivity index (χ2v) is 16.7. The Hall–Kier alpha value is -2.40. The third-order valence-corrected chi connectivity index (χ3v) is 8.75. The largest absolute Gasteiger partial charge is 0.502 e. The van der Waals surface area contributed by atoms with Gasteiger partial charge in [-0.2, -0.15) is 6.67 Å². The molecule has 1 aliphatic rings. The molecule has 0 aromatic heterocycles. The van der Waals surface area contributed by atoms with Gasteiger partial charge in [0, 0.05) is 24.5 Å². The van der Waals surface area contributed by atoms with Crippen LogP contribution in [0.25, 0.3) is 0 Å². The minimum atomic E-state index is -1.97. The van der Waals surface area contributed by atoms with Gasteiger partial charge in [0.1, 0.15) is 0 Å². The average molecular weight is 686 g/mol. The first-order valence-electron chi connectivity index (χ1n) is 13.6. The van der Waals surface area contributed by atoms with Crippen molar-refractivity contribution in [3.05, 3.63) is 94.1 Å². The number of anilines is 2. The summed E-state index contributed by atoms with van der Waals surface area (Å²) in [5, 5.41) is 9.10. The van der Waals surface area contributed by atoms with E-state index in [1.807, 2.05) is 6.07 Å². The van der Waals surface area contributed by atoms with Gasteiger partial charge in [0.2, 0.25) is 0 Å². The molecular weight excluding hydrogens is 644 g/mol. The number of carboxylic acid groups (broad SMARTS) is 1. The van der Waals surface area contributed by atoms with E-state index in [9.17, 15) is 4.79 Å². The Kier molecular flexibility index (Phi) is 11.8. The Morgan fingerprint density at radius 3 is 1.71 bits per heavy atom. The number of carbonyl (C=O) groups is 1. The van der Waals surface area contributed by atoms with E-state index in [-0.39, 0.29) is 5.92 Å². The first kappa shape index (κ1) is 33.1.